The predicted octanol–water partition coefficient (Wildman–Crippen LogP) is 3.39. The Morgan fingerprint density at radius 2 is 1.96 bits per heavy atom. The average Bonchev–Trinajstić information content (AvgIpc) is 3.16. The van der Waals surface area contributed by atoms with Crippen molar-refractivity contribution in [3.63, 3.8) is 0 Å². The molecule has 2 aliphatic rings. The second-order valence-electron chi connectivity index (χ2n) is 7.31. The van der Waals surface area contributed by atoms with Crippen molar-refractivity contribution in [1.82, 2.24) is 9.80 Å². The van der Waals surface area contributed by atoms with E-state index in [4.69, 9.17) is 4.74 Å². The van der Waals surface area contributed by atoms with E-state index in [1.807, 2.05) is 29.2 Å². The summed E-state index contributed by atoms with van der Waals surface area (Å²) in [6.07, 6.45) is 1.68. The number of amides is 1. The lowest BCUT2D eigenvalue weighted by atomic mass is 10.1. The van der Waals surface area contributed by atoms with Gasteiger partial charge in [0, 0.05) is 13.1 Å². The summed E-state index contributed by atoms with van der Waals surface area (Å²) >= 11 is 0. The number of rotatable bonds is 4. The van der Waals surface area contributed by atoms with Gasteiger partial charge >= 0.3 is 0 Å². The van der Waals surface area contributed by atoms with Gasteiger partial charge < -0.3 is 9.64 Å². The maximum atomic E-state index is 13.5. The number of benzene rings is 2. The molecule has 4 rings (SSSR count). The summed E-state index contributed by atoms with van der Waals surface area (Å²) in [4.78, 5) is 17.4. The van der Waals surface area contributed by atoms with Crippen LogP contribution in [0.15, 0.2) is 54.6 Å². The first-order valence-corrected chi connectivity index (χ1v) is 9.64. The van der Waals surface area contributed by atoms with Crippen molar-refractivity contribution in [3.05, 3.63) is 71.5 Å². The molecule has 2 heterocycles. The SMILES string of the molecule is O=C(C1CCCN1Cc1ccccc1)N1CCOC(c2cccc(F)c2)C1. The molecule has 1 amide bonds. The Bertz CT molecular complexity index is 783. The van der Waals surface area contributed by atoms with E-state index in [0.29, 0.717) is 19.7 Å². The molecule has 2 aliphatic heterocycles. The Hall–Kier alpha value is -2.24. The molecule has 27 heavy (non-hydrogen) atoms. The molecule has 5 heteroatoms. The lowest BCUT2D eigenvalue weighted by Gasteiger charge is -2.36. The van der Waals surface area contributed by atoms with E-state index in [2.05, 4.69) is 17.0 Å². The van der Waals surface area contributed by atoms with Gasteiger partial charge in [-0.25, -0.2) is 4.39 Å². The Morgan fingerprint density at radius 3 is 2.78 bits per heavy atom. The Kier molecular flexibility index (Phi) is 5.50. The van der Waals surface area contributed by atoms with Crippen molar-refractivity contribution >= 4 is 5.91 Å². The van der Waals surface area contributed by atoms with E-state index in [1.54, 1.807) is 6.07 Å². The van der Waals surface area contributed by atoms with Crippen molar-refractivity contribution in [2.75, 3.05) is 26.2 Å². The fourth-order valence-corrected chi connectivity index (χ4v) is 4.08. The van der Waals surface area contributed by atoms with Crippen LogP contribution in [0.2, 0.25) is 0 Å². The van der Waals surface area contributed by atoms with Gasteiger partial charge in [0.25, 0.3) is 0 Å². The van der Waals surface area contributed by atoms with Crippen molar-refractivity contribution in [3.8, 4) is 0 Å². The highest BCUT2D eigenvalue weighted by Crippen LogP contribution is 2.26. The van der Waals surface area contributed by atoms with Crippen LogP contribution >= 0.6 is 0 Å². The summed E-state index contributed by atoms with van der Waals surface area (Å²) in [6.45, 7) is 3.31. The minimum Gasteiger partial charge on any atom is -0.370 e. The minimum atomic E-state index is -0.274. The van der Waals surface area contributed by atoms with Crippen LogP contribution < -0.4 is 0 Å². The monoisotopic (exact) mass is 368 g/mol. The molecule has 0 N–H and O–H groups in total. The maximum absolute atomic E-state index is 13.5. The number of hydrogen-bond donors (Lipinski definition) is 0. The van der Waals surface area contributed by atoms with E-state index in [0.717, 1.165) is 31.5 Å². The van der Waals surface area contributed by atoms with Gasteiger partial charge in [-0.15, -0.1) is 0 Å². The number of hydrogen-bond acceptors (Lipinski definition) is 3. The standard InChI is InChI=1S/C22H25FN2O2/c23-19-9-4-8-18(14-19)21-16-25(12-13-27-21)22(26)20-10-5-11-24(20)15-17-6-2-1-3-7-17/h1-4,6-9,14,20-21H,5,10-13,15-16H2. The molecule has 2 atom stereocenters. The maximum Gasteiger partial charge on any atom is 0.240 e. The van der Waals surface area contributed by atoms with Crippen LogP contribution in [0.4, 0.5) is 4.39 Å². The molecule has 0 aliphatic carbocycles. The van der Waals surface area contributed by atoms with Crippen LogP contribution in [0.5, 0.6) is 0 Å². The first kappa shape index (κ1) is 18.1. The molecule has 2 saturated heterocycles. The fourth-order valence-electron chi connectivity index (χ4n) is 4.08. The molecule has 0 aromatic heterocycles. The number of carbonyl (C=O) groups excluding carboxylic acids is 1. The predicted molar refractivity (Wildman–Crippen MR) is 102 cm³/mol. The van der Waals surface area contributed by atoms with E-state index >= 15 is 0 Å². The van der Waals surface area contributed by atoms with E-state index in [9.17, 15) is 9.18 Å². The average molecular weight is 368 g/mol. The first-order chi connectivity index (χ1) is 13.2. The summed E-state index contributed by atoms with van der Waals surface area (Å²) < 4.78 is 19.3. The third-order valence-electron chi connectivity index (χ3n) is 5.48. The molecular weight excluding hydrogens is 343 g/mol. The van der Waals surface area contributed by atoms with Crippen molar-refractivity contribution in [2.24, 2.45) is 0 Å². The number of ether oxygens (including phenoxy) is 1. The van der Waals surface area contributed by atoms with Gasteiger partial charge in [-0.1, -0.05) is 42.5 Å². The zero-order chi connectivity index (χ0) is 18.6. The fraction of sp³-hybridized carbons (Fsp3) is 0.409. The summed E-state index contributed by atoms with van der Waals surface area (Å²) in [5.41, 5.74) is 2.02. The van der Waals surface area contributed by atoms with Gasteiger partial charge in [-0.3, -0.25) is 9.69 Å². The largest absolute Gasteiger partial charge is 0.370 e. The van der Waals surface area contributed by atoms with E-state index in [1.165, 1.54) is 17.7 Å². The van der Waals surface area contributed by atoms with E-state index < -0.39 is 0 Å². The van der Waals surface area contributed by atoms with Gasteiger partial charge in [0.15, 0.2) is 0 Å². The normalized spacial score (nSPS) is 23.5. The topological polar surface area (TPSA) is 32.8 Å². The van der Waals surface area contributed by atoms with Crippen LogP contribution in [0, 0.1) is 5.82 Å². The third-order valence-corrected chi connectivity index (χ3v) is 5.48. The van der Waals surface area contributed by atoms with Crippen LogP contribution in [-0.4, -0.2) is 48.0 Å². The highest BCUT2D eigenvalue weighted by molar-refractivity contribution is 5.82. The van der Waals surface area contributed by atoms with Gasteiger partial charge in [-0.2, -0.15) is 0 Å². The molecule has 0 bridgehead atoms. The van der Waals surface area contributed by atoms with Crippen molar-refractivity contribution in [2.45, 2.75) is 31.5 Å². The molecule has 0 saturated carbocycles. The zero-order valence-corrected chi connectivity index (χ0v) is 15.4. The lowest BCUT2D eigenvalue weighted by molar-refractivity contribution is -0.144. The van der Waals surface area contributed by atoms with Gasteiger partial charge in [0.1, 0.15) is 11.9 Å². The molecule has 2 aromatic carbocycles. The Balaban J connectivity index is 1.43. The lowest BCUT2D eigenvalue weighted by Crippen LogP contribution is -2.50. The second-order valence-corrected chi connectivity index (χ2v) is 7.31. The van der Waals surface area contributed by atoms with Gasteiger partial charge in [0.05, 0.1) is 19.2 Å². The first-order valence-electron chi connectivity index (χ1n) is 9.64. The molecule has 0 spiro atoms. The minimum absolute atomic E-state index is 0.0727. The zero-order valence-electron chi connectivity index (χ0n) is 15.4. The number of carbonyl (C=O) groups is 1. The summed E-state index contributed by atoms with van der Waals surface area (Å²) in [5.74, 6) is -0.0995. The third kappa shape index (κ3) is 4.20. The number of halogens is 1. The van der Waals surface area contributed by atoms with Crippen LogP contribution in [-0.2, 0) is 16.1 Å². The van der Waals surface area contributed by atoms with Gasteiger partial charge in [0.2, 0.25) is 5.91 Å². The summed E-state index contributed by atoms with van der Waals surface area (Å²) in [5, 5.41) is 0. The molecule has 2 unspecified atom stereocenters. The van der Waals surface area contributed by atoms with Crippen molar-refractivity contribution in [1.29, 1.82) is 0 Å². The molecule has 4 nitrogen and oxygen atoms in total. The molecule has 142 valence electrons. The quantitative estimate of drug-likeness (QED) is 0.829. The van der Waals surface area contributed by atoms with Crippen LogP contribution in [0.1, 0.15) is 30.1 Å². The smallest absolute Gasteiger partial charge is 0.240 e. The van der Waals surface area contributed by atoms with Crippen LogP contribution in [0.3, 0.4) is 0 Å². The second kappa shape index (κ2) is 8.19. The molecule has 2 fully saturated rings. The number of likely N-dealkylation sites (tertiary alicyclic amines) is 1. The number of nitrogens with zero attached hydrogens (tertiary/aromatic N) is 2. The molecule has 2 aromatic rings. The highest BCUT2D eigenvalue weighted by atomic mass is 19.1. The summed E-state index contributed by atoms with van der Waals surface area (Å²) in [6, 6.07) is 16.7. The Morgan fingerprint density at radius 1 is 1.11 bits per heavy atom. The number of morpholine rings is 1. The van der Waals surface area contributed by atoms with Gasteiger partial charge in [-0.05, 0) is 42.6 Å². The summed E-state index contributed by atoms with van der Waals surface area (Å²) in [7, 11) is 0. The highest BCUT2D eigenvalue weighted by Gasteiger charge is 2.36. The Labute approximate surface area is 159 Å². The van der Waals surface area contributed by atoms with Crippen LogP contribution in [0.25, 0.3) is 0 Å². The van der Waals surface area contributed by atoms with Crippen molar-refractivity contribution < 1.29 is 13.9 Å². The molecular formula is C22H25FN2O2. The van der Waals surface area contributed by atoms with E-state index in [-0.39, 0.29) is 23.9 Å². The molecule has 0 radical (unpaired) electrons.